The third-order valence-electron chi connectivity index (χ3n) is 3.62. The van der Waals surface area contributed by atoms with Gasteiger partial charge in [0.25, 0.3) is 0 Å². The largest absolute Gasteiger partial charge is 0.313 e. The second-order valence-electron chi connectivity index (χ2n) is 4.82. The third-order valence-corrected chi connectivity index (χ3v) is 4.07. The fraction of sp³-hybridized carbons (Fsp3) is 0.286. The van der Waals surface area contributed by atoms with Crippen LogP contribution in [0.25, 0.3) is 0 Å². The summed E-state index contributed by atoms with van der Waals surface area (Å²) in [6.45, 7) is 0. The summed E-state index contributed by atoms with van der Waals surface area (Å²) in [6.07, 6.45) is 5.12. The van der Waals surface area contributed by atoms with Crippen molar-refractivity contribution in [1.29, 1.82) is 0 Å². The number of nitrogens with zero attached hydrogens (tertiary/aromatic N) is 3. The highest BCUT2D eigenvalue weighted by Crippen LogP contribution is 2.42. The fourth-order valence-corrected chi connectivity index (χ4v) is 2.83. The average Bonchev–Trinajstić information content (AvgIpc) is 2.83. The van der Waals surface area contributed by atoms with Crippen LogP contribution in [0.3, 0.4) is 0 Å². The van der Waals surface area contributed by atoms with Crippen LogP contribution in [-0.2, 0) is 0 Å². The molecular formula is C14H13Cl2N3O. The summed E-state index contributed by atoms with van der Waals surface area (Å²) < 4.78 is 0. The lowest BCUT2D eigenvalue weighted by molar-refractivity contribution is -0.137. The standard InChI is InChI=1S/C14H13Cl2N3O/c15-13-5-1-9(7-17-13)11-3-4-12(19(11)20)10-2-6-14(16)18-8-10/h1-2,5-8,11-12,20H,3-4H2. The van der Waals surface area contributed by atoms with Gasteiger partial charge in [-0.1, -0.05) is 35.3 Å². The van der Waals surface area contributed by atoms with Gasteiger partial charge in [0.15, 0.2) is 0 Å². The Morgan fingerprint density at radius 1 is 0.900 bits per heavy atom. The highest BCUT2D eigenvalue weighted by molar-refractivity contribution is 6.29. The molecule has 0 amide bonds. The van der Waals surface area contributed by atoms with E-state index in [1.807, 2.05) is 12.1 Å². The van der Waals surface area contributed by atoms with E-state index in [-0.39, 0.29) is 12.1 Å². The Kier molecular flexibility index (Phi) is 3.89. The van der Waals surface area contributed by atoms with E-state index in [2.05, 4.69) is 9.97 Å². The van der Waals surface area contributed by atoms with Crippen molar-refractivity contribution < 1.29 is 5.21 Å². The van der Waals surface area contributed by atoms with Crippen LogP contribution in [0.1, 0.15) is 36.1 Å². The molecule has 1 saturated heterocycles. The predicted molar refractivity (Wildman–Crippen MR) is 76.8 cm³/mol. The predicted octanol–water partition coefficient (Wildman–Crippen LogP) is 4.05. The number of hydrogen-bond acceptors (Lipinski definition) is 4. The van der Waals surface area contributed by atoms with Crippen LogP contribution in [0.5, 0.6) is 0 Å². The molecule has 2 unspecified atom stereocenters. The van der Waals surface area contributed by atoms with Crippen LogP contribution >= 0.6 is 23.2 Å². The van der Waals surface area contributed by atoms with Crippen LogP contribution in [0.4, 0.5) is 0 Å². The molecule has 2 aromatic rings. The summed E-state index contributed by atoms with van der Waals surface area (Å²) in [6, 6.07) is 7.13. The van der Waals surface area contributed by atoms with Gasteiger partial charge in [-0.3, -0.25) is 0 Å². The third kappa shape index (κ3) is 2.65. The van der Waals surface area contributed by atoms with Crippen molar-refractivity contribution >= 4 is 23.2 Å². The highest BCUT2D eigenvalue weighted by atomic mass is 35.5. The molecule has 3 rings (SSSR count). The minimum Gasteiger partial charge on any atom is -0.313 e. The SMILES string of the molecule is ON1C(c2ccc(Cl)nc2)CCC1c1ccc(Cl)nc1. The average molecular weight is 310 g/mol. The van der Waals surface area contributed by atoms with Gasteiger partial charge >= 0.3 is 0 Å². The van der Waals surface area contributed by atoms with Gasteiger partial charge in [-0.25, -0.2) is 9.97 Å². The Hall–Kier alpha value is -1.20. The Bertz CT molecular complexity index is 535. The molecule has 20 heavy (non-hydrogen) atoms. The first-order valence-electron chi connectivity index (χ1n) is 6.35. The Morgan fingerprint density at radius 2 is 1.35 bits per heavy atom. The second-order valence-corrected chi connectivity index (χ2v) is 5.59. The molecular weight excluding hydrogens is 297 g/mol. The lowest BCUT2D eigenvalue weighted by atomic mass is 10.1. The summed E-state index contributed by atoms with van der Waals surface area (Å²) >= 11 is 11.6. The molecule has 2 aromatic heterocycles. The molecule has 0 aliphatic carbocycles. The molecule has 0 radical (unpaired) electrons. The van der Waals surface area contributed by atoms with Crippen LogP contribution in [0.15, 0.2) is 36.7 Å². The zero-order valence-corrected chi connectivity index (χ0v) is 12.1. The number of halogens is 2. The summed E-state index contributed by atoms with van der Waals surface area (Å²) in [5, 5.41) is 12.7. The first-order chi connectivity index (χ1) is 9.65. The molecule has 104 valence electrons. The maximum absolute atomic E-state index is 10.4. The molecule has 6 heteroatoms. The van der Waals surface area contributed by atoms with E-state index in [0.29, 0.717) is 10.3 Å². The number of hydroxylamine groups is 2. The first kappa shape index (κ1) is 13.8. The molecule has 0 bridgehead atoms. The summed E-state index contributed by atoms with van der Waals surface area (Å²) in [7, 11) is 0. The van der Waals surface area contributed by atoms with Gasteiger partial charge in [-0.15, -0.1) is 0 Å². The molecule has 0 aromatic carbocycles. The summed E-state index contributed by atoms with van der Waals surface area (Å²) in [5.41, 5.74) is 1.92. The second kappa shape index (κ2) is 5.66. The van der Waals surface area contributed by atoms with Gasteiger partial charge in [-0.2, -0.15) is 5.06 Å². The quantitative estimate of drug-likeness (QED) is 0.850. The minimum absolute atomic E-state index is 0.0690. The van der Waals surface area contributed by atoms with Gasteiger partial charge in [0.1, 0.15) is 10.3 Å². The fourth-order valence-electron chi connectivity index (χ4n) is 2.61. The van der Waals surface area contributed by atoms with E-state index in [4.69, 9.17) is 23.2 Å². The smallest absolute Gasteiger partial charge is 0.129 e. The van der Waals surface area contributed by atoms with E-state index in [1.165, 1.54) is 5.06 Å². The Balaban J connectivity index is 1.81. The van der Waals surface area contributed by atoms with Crippen LogP contribution < -0.4 is 0 Å². The minimum atomic E-state index is -0.0690. The first-order valence-corrected chi connectivity index (χ1v) is 7.11. The number of aromatic nitrogens is 2. The van der Waals surface area contributed by atoms with Crippen molar-refractivity contribution in [3.63, 3.8) is 0 Å². The van der Waals surface area contributed by atoms with Crippen LogP contribution in [0.2, 0.25) is 10.3 Å². The molecule has 1 aliphatic rings. The van der Waals surface area contributed by atoms with Gasteiger partial charge in [0, 0.05) is 12.4 Å². The van der Waals surface area contributed by atoms with Gasteiger partial charge in [-0.05, 0) is 36.1 Å². The van der Waals surface area contributed by atoms with Gasteiger partial charge in [0.05, 0.1) is 12.1 Å². The van der Waals surface area contributed by atoms with Crippen molar-refractivity contribution in [2.24, 2.45) is 0 Å². The topological polar surface area (TPSA) is 49.2 Å². The molecule has 4 nitrogen and oxygen atoms in total. The van der Waals surface area contributed by atoms with Crippen molar-refractivity contribution in [3.05, 3.63) is 58.1 Å². The molecule has 2 atom stereocenters. The summed E-state index contributed by atoms with van der Waals surface area (Å²) in [5.74, 6) is 0. The Morgan fingerprint density at radius 3 is 1.70 bits per heavy atom. The molecule has 0 saturated carbocycles. The van der Waals surface area contributed by atoms with E-state index >= 15 is 0 Å². The lowest BCUT2D eigenvalue weighted by Gasteiger charge is -2.23. The van der Waals surface area contributed by atoms with Crippen molar-refractivity contribution in [2.45, 2.75) is 24.9 Å². The van der Waals surface area contributed by atoms with Crippen LogP contribution in [-0.4, -0.2) is 20.2 Å². The van der Waals surface area contributed by atoms with Gasteiger partial charge in [0.2, 0.25) is 0 Å². The van der Waals surface area contributed by atoms with E-state index in [0.717, 1.165) is 24.0 Å². The number of hydrogen-bond donors (Lipinski definition) is 1. The molecule has 1 aliphatic heterocycles. The maximum atomic E-state index is 10.4. The monoisotopic (exact) mass is 309 g/mol. The molecule has 3 heterocycles. The maximum Gasteiger partial charge on any atom is 0.129 e. The zero-order valence-electron chi connectivity index (χ0n) is 10.6. The zero-order chi connectivity index (χ0) is 14.1. The highest BCUT2D eigenvalue weighted by Gasteiger charge is 2.34. The Labute approximate surface area is 126 Å². The van der Waals surface area contributed by atoms with Gasteiger partial charge < -0.3 is 5.21 Å². The molecule has 1 N–H and O–H groups in total. The molecule has 0 spiro atoms. The van der Waals surface area contributed by atoms with Crippen molar-refractivity contribution in [2.75, 3.05) is 0 Å². The van der Waals surface area contributed by atoms with Crippen molar-refractivity contribution in [1.82, 2.24) is 15.0 Å². The number of pyridine rings is 2. The van der Waals surface area contributed by atoms with Crippen molar-refractivity contribution in [3.8, 4) is 0 Å². The number of rotatable bonds is 2. The van der Waals surface area contributed by atoms with E-state index in [1.54, 1.807) is 24.5 Å². The summed E-state index contributed by atoms with van der Waals surface area (Å²) in [4.78, 5) is 8.13. The lowest BCUT2D eigenvalue weighted by Crippen LogP contribution is -2.22. The van der Waals surface area contributed by atoms with Crippen LogP contribution in [0, 0.1) is 0 Å². The molecule has 1 fully saturated rings. The normalized spacial score (nSPS) is 23.1. The van der Waals surface area contributed by atoms with E-state index < -0.39 is 0 Å². The van der Waals surface area contributed by atoms with E-state index in [9.17, 15) is 5.21 Å².